The Morgan fingerprint density at radius 1 is 0.972 bits per heavy atom. The van der Waals surface area contributed by atoms with E-state index in [-0.39, 0.29) is 5.91 Å². The van der Waals surface area contributed by atoms with E-state index in [2.05, 4.69) is 26.3 Å². The fourth-order valence-corrected chi connectivity index (χ4v) is 5.76. The van der Waals surface area contributed by atoms with Crippen LogP contribution in [-0.4, -0.2) is 64.9 Å². The highest BCUT2D eigenvalue weighted by molar-refractivity contribution is 6.31. The van der Waals surface area contributed by atoms with Crippen LogP contribution in [0.3, 0.4) is 0 Å². The van der Waals surface area contributed by atoms with E-state index in [9.17, 15) is 4.79 Å². The molecule has 36 heavy (non-hydrogen) atoms. The minimum Gasteiger partial charge on any atom is -0.385 e. The molecule has 0 spiro atoms. The van der Waals surface area contributed by atoms with Crippen LogP contribution >= 0.6 is 11.6 Å². The van der Waals surface area contributed by atoms with Gasteiger partial charge < -0.3 is 15.1 Å². The lowest BCUT2D eigenvalue weighted by Crippen LogP contribution is -2.34. The van der Waals surface area contributed by atoms with Crippen molar-refractivity contribution in [1.29, 1.82) is 0 Å². The summed E-state index contributed by atoms with van der Waals surface area (Å²) < 4.78 is 0. The van der Waals surface area contributed by atoms with E-state index in [4.69, 9.17) is 11.6 Å². The smallest absolute Gasteiger partial charge is 0.257 e. The third-order valence-corrected chi connectivity index (χ3v) is 7.93. The van der Waals surface area contributed by atoms with Crippen molar-refractivity contribution in [3.63, 3.8) is 0 Å². The maximum absolute atomic E-state index is 13.5. The molecule has 2 atom stereocenters. The number of aryl methyl sites for hydroxylation is 3. The molecular weight excluding hydrogens is 470 g/mol. The van der Waals surface area contributed by atoms with Gasteiger partial charge in [0, 0.05) is 49.0 Å². The molecule has 188 valence electrons. The van der Waals surface area contributed by atoms with Gasteiger partial charge in [0.05, 0.1) is 17.0 Å². The number of nitrogens with one attached hydrogen (secondary N) is 1. The van der Waals surface area contributed by atoms with Gasteiger partial charge in [-0.1, -0.05) is 48.0 Å². The van der Waals surface area contributed by atoms with Gasteiger partial charge in [0.15, 0.2) is 5.82 Å². The van der Waals surface area contributed by atoms with Gasteiger partial charge in [0.1, 0.15) is 0 Å². The largest absolute Gasteiger partial charge is 0.385 e. The molecular formula is C29H34ClN5O. The Bertz CT molecular complexity index is 1210. The highest BCUT2D eigenvalue weighted by atomic mass is 35.5. The summed E-state index contributed by atoms with van der Waals surface area (Å²) in [4.78, 5) is 27.4. The first-order chi connectivity index (χ1) is 17.4. The van der Waals surface area contributed by atoms with Crippen molar-refractivity contribution < 1.29 is 4.79 Å². The number of benzene rings is 2. The van der Waals surface area contributed by atoms with Gasteiger partial charge in [-0.15, -0.1) is 0 Å². The second-order valence-electron chi connectivity index (χ2n) is 10.2. The minimum atomic E-state index is 0.0755. The highest BCUT2D eigenvalue weighted by Gasteiger charge is 2.42. The molecule has 6 nitrogen and oxygen atoms in total. The monoisotopic (exact) mass is 503 g/mol. The van der Waals surface area contributed by atoms with Gasteiger partial charge in [0.25, 0.3) is 5.91 Å². The average Bonchev–Trinajstić information content (AvgIpc) is 3.43. The fraction of sp³-hybridized carbons (Fsp3) is 0.414. The van der Waals surface area contributed by atoms with Gasteiger partial charge in [-0.3, -0.25) is 4.79 Å². The number of carbonyl (C=O) groups is 1. The lowest BCUT2D eigenvalue weighted by Gasteiger charge is -2.23. The van der Waals surface area contributed by atoms with Crippen LogP contribution in [0.4, 0.5) is 5.69 Å². The molecule has 2 aliphatic rings. The van der Waals surface area contributed by atoms with Crippen LogP contribution in [-0.2, 0) is 0 Å². The van der Waals surface area contributed by atoms with E-state index in [0.29, 0.717) is 23.2 Å². The van der Waals surface area contributed by atoms with Gasteiger partial charge in [-0.2, -0.15) is 0 Å². The van der Waals surface area contributed by atoms with Crippen molar-refractivity contribution in [3.8, 4) is 11.4 Å². The number of carbonyl (C=O) groups excluding carboxylic acids is 1. The molecule has 7 heteroatoms. The van der Waals surface area contributed by atoms with E-state index >= 15 is 0 Å². The number of fused-ring (bicyclic) bond motifs is 1. The predicted molar refractivity (Wildman–Crippen MR) is 146 cm³/mol. The molecule has 5 rings (SSSR count). The van der Waals surface area contributed by atoms with E-state index in [1.807, 2.05) is 68.1 Å². The summed E-state index contributed by atoms with van der Waals surface area (Å²) in [6.07, 6.45) is 1.08. The van der Waals surface area contributed by atoms with Crippen LogP contribution in [0.25, 0.3) is 11.4 Å². The molecule has 0 bridgehead atoms. The number of halogens is 1. The second-order valence-corrected chi connectivity index (χ2v) is 10.6. The number of nitrogens with zero attached hydrogens (tertiary/aromatic N) is 4. The predicted octanol–water partition coefficient (Wildman–Crippen LogP) is 5.23. The van der Waals surface area contributed by atoms with E-state index in [1.54, 1.807) is 0 Å². The second kappa shape index (κ2) is 10.6. The zero-order valence-electron chi connectivity index (χ0n) is 21.3. The third kappa shape index (κ3) is 5.25. The van der Waals surface area contributed by atoms with E-state index in [1.165, 1.54) is 0 Å². The van der Waals surface area contributed by atoms with Crippen LogP contribution in [0.15, 0.2) is 48.5 Å². The van der Waals surface area contributed by atoms with E-state index < -0.39 is 0 Å². The zero-order chi connectivity index (χ0) is 25.2. The van der Waals surface area contributed by atoms with Crippen molar-refractivity contribution in [2.75, 3.05) is 44.6 Å². The van der Waals surface area contributed by atoms with Crippen molar-refractivity contribution in [2.45, 2.75) is 27.2 Å². The van der Waals surface area contributed by atoms with Crippen molar-refractivity contribution in [3.05, 3.63) is 76.1 Å². The number of anilines is 1. The number of aromatic nitrogens is 2. The first-order valence-electron chi connectivity index (χ1n) is 12.8. The van der Waals surface area contributed by atoms with E-state index in [0.717, 1.165) is 78.9 Å². The van der Waals surface area contributed by atoms with Crippen molar-refractivity contribution in [2.24, 2.45) is 11.8 Å². The summed E-state index contributed by atoms with van der Waals surface area (Å²) in [5, 5.41) is 4.28. The first kappa shape index (κ1) is 24.7. The molecule has 0 aliphatic carbocycles. The van der Waals surface area contributed by atoms with Crippen molar-refractivity contribution >= 4 is 23.2 Å². The zero-order valence-corrected chi connectivity index (χ0v) is 22.1. The van der Waals surface area contributed by atoms with Gasteiger partial charge in [-0.25, -0.2) is 9.97 Å². The Morgan fingerprint density at radius 2 is 1.64 bits per heavy atom. The normalized spacial score (nSPS) is 19.5. The Hall–Kier alpha value is -2.96. The summed E-state index contributed by atoms with van der Waals surface area (Å²) in [5.74, 6) is 1.84. The summed E-state index contributed by atoms with van der Waals surface area (Å²) in [6, 6.07) is 16.0. The Kier molecular flexibility index (Phi) is 7.26. The number of likely N-dealkylation sites (tertiary alicyclic amines) is 2. The Morgan fingerprint density at radius 3 is 2.28 bits per heavy atom. The molecule has 3 heterocycles. The van der Waals surface area contributed by atoms with Crippen molar-refractivity contribution in [1.82, 2.24) is 19.8 Å². The molecule has 2 unspecified atom stereocenters. The average molecular weight is 504 g/mol. The Balaban J connectivity index is 1.13. The molecule has 2 fully saturated rings. The summed E-state index contributed by atoms with van der Waals surface area (Å²) >= 11 is 6.22. The molecule has 2 aliphatic heterocycles. The molecule has 2 aromatic carbocycles. The number of hydrogen-bond acceptors (Lipinski definition) is 5. The maximum atomic E-state index is 13.5. The first-order valence-corrected chi connectivity index (χ1v) is 13.2. The van der Waals surface area contributed by atoms with Gasteiger partial charge >= 0.3 is 0 Å². The molecule has 1 N–H and O–H groups in total. The lowest BCUT2D eigenvalue weighted by atomic mass is 10.0. The molecule has 3 aromatic rings. The Labute approximate surface area is 218 Å². The van der Waals surface area contributed by atoms with Gasteiger partial charge in [-0.05, 0) is 63.3 Å². The number of hydrogen-bond donors (Lipinski definition) is 1. The lowest BCUT2D eigenvalue weighted by molar-refractivity contribution is 0.0771. The number of amides is 1. The minimum absolute atomic E-state index is 0.0755. The summed E-state index contributed by atoms with van der Waals surface area (Å²) in [6.45, 7) is 11.6. The quantitative estimate of drug-likeness (QED) is 0.447. The standard InChI is InChI=1S/C29H34ClN5O/c1-19-10-11-25(14-26(19)30)31-12-7-13-34-15-23-17-35(18-24(23)16-34)29(36)27-20(2)32-28(33-21(27)3)22-8-5-4-6-9-22/h4-6,8-11,14,23-24,31H,7,12-13,15-18H2,1-3H3. The molecule has 0 radical (unpaired) electrons. The molecule has 0 saturated carbocycles. The van der Waals surface area contributed by atoms with Crippen LogP contribution in [0.1, 0.15) is 33.7 Å². The van der Waals surface area contributed by atoms with Crippen LogP contribution < -0.4 is 5.32 Å². The van der Waals surface area contributed by atoms with Crippen LogP contribution in [0, 0.1) is 32.6 Å². The highest BCUT2D eigenvalue weighted by Crippen LogP contribution is 2.32. The molecule has 2 saturated heterocycles. The topological polar surface area (TPSA) is 61.4 Å². The SMILES string of the molecule is Cc1ccc(NCCCN2CC3CN(C(=O)c4c(C)nc(-c5ccccc5)nc4C)CC3C2)cc1Cl. The maximum Gasteiger partial charge on any atom is 0.257 e. The molecule has 1 aromatic heterocycles. The summed E-state index contributed by atoms with van der Waals surface area (Å²) in [5.41, 5.74) is 5.31. The van der Waals surface area contributed by atoms with Crippen LogP contribution in [0.2, 0.25) is 5.02 Å². The molecule has 1 amide bonds. The third-order valence-electron chi connectivity index (χ3n) is 7.52. The van der Waals surface area contributed by atoms with Crippen LogP contribution in [0.5, 0.6) is 0 Å². The van der Waals surface area contributed by atoms with Gasteiger partial charge in [0.2, 0.25) is 0 Å². The fourth-order valence-electron chi connectivity index (χ4n) is 5.58. The number of rotatable bonds is 7. The summed E-state index contributed by atoms with van der Waals surface area (Å²) in [7, 11) is 0.